The number of fused-ring (bicyclic) bond motifs is 2. The second kappa shape index (κ2) is 8.71. The van der Waals surface area contributed by atoms with Gasteiger partial charge in [0, 0.05) is 11.1 Å². The largest absolute Gasteiger partial charge is 0.495 e. The van der Waals surface area contributed by atoms with E-state index >= 15 is 0 Å². The fourth-order valence-electron chi connectivity index (χ4n) is 4.80. The van der Waals surface area contributed by atoms with Gasteiger partial charge in [-0.2, -0.15) is 0 Å². The third kappa shape index (κ3) is 4.53. The number of benzene rings is 2. The highest BCUT2D eigenvalue weighted by Crippen LogP contribution is 2.44. The minimum Gasteiger partial charge on any atom is -0.495 e. The molecule has 0 saturated heterocycles. The number of carbonyl (C=O) groups is 1. The molecule has 0 aliphatic heterocycles. The molecular formula is C23H27ClN2O4S. The minimum absolute atomic E-state index is 0.104. The first kappa shape index (κ1) is 22.0. The van der Waals surface area contributed by atoms with Gasteiger partial charge in [0.05, 0.1) is 17.7 Å². The SMILES string of the molecule is COc1ccc(Cl)cc1N(CC(=O)NC1CC2CCC1C2)S(=O)(=O)c1ccc(C)cc1. The van der Waals surface area contributed by atoms with Crippen molar-refractivity contribution in [2.45, 2.75) is 43.5 Å². The summed E-state index contributed by atoms with van der Waals surface area (Å²) in [6.07, 6.45) is 4.48. The maximum atomic E-state index is 13.6. The van der Waals surface area contributed by atoms with Crippen LogP contribution in [-0.4, -0.2) is 34.0 Å². The lowest BCUT2D eigenvalue weighted by molar-refractivity contribution is -0.120. The van der Waals surface area contributed by atoms with E-state index < -0.39 is 10.0 Å². The van der Waals surface area contributed by atoms with Gasteiger partial charge in [0.25, 0.3) is 10.0 Å². The van der Waals surface area contributed by atoms with Crippen molar-refractivity contribution in [3.8, 4) is 5.75 Å². The monoisotopic (exact) mass is 462 g/mol. The van der Waals surface area contributed by atoms with Crippen molar-refractivity contribution in [2.24, 2.45) is 11.8 Å². The first-order valence-corrected chi connectivity index (χ1v) is 12.3. The average Bonchev–Trinajstić information content (AvgIpc) is 3.35. The molecule has 2 aliphatic rings. The number of anilines is 1. The molecule has 3 atom stereocenters. The summed E-state index contributed by atoms with van der Waals surface area (Å²) in [6, 6.07) is 11.4. The van der Waals surface area contributed by atoms with Gasteiger partial charge >= 0.3 is 0 Å². The van der Waals surface area contributed by atoms with Crippen molar-refractivity contribution < 1.29 is 17.9 Å². The normalized spacial score (nSPS) is 22.4. The van der Waals surface area contributed by atoms with E-state index in [1.54, 1.807) is 36.4 Å². The van der Waals surface area contributed by atoms with Crippen LogP contribution in [0, 0.1) is 18.8 Å². The lowest BCUT2D eigenvalue weighted by atomic mass is 9.95. The molecule has 2 aromatic rings. The number of aryl methyl sites for hydroxylation is 1. The van der Waals surface area contributed by atoms with Crippen LogP contribution in [0.25, 0.3) is 0 Å². The molecule has 2 aromatic carbocycles. The number of ether oxygens (including phenoxy) is 1. The molecule has 2 saturated carbocycles. The summed E-state index contributed by atoms with van der Waals surface area (Å²) >= 11 is 6.17. The van der Waals surface area contributed by atoms with Crippen LogP contribution in [0.5, 0.6) is 5.75 Å². The van der Waals surface area contributed by atoms with Crippen LogP contribution < -0.4 is 14.4 Å². The van der Waals surface area contributed by atoms with E-state index in [-0.39, 0.29) is 29.1 Å². The molecule has 4 rings (SSSR count). The molecule has 2 bridgehead atoms. The topological polar surface area (TPSA) is 75.7 Å². The van der Waals surface area contributed by atoms with Gasteiger partial charge in [0.2, 0.25) is 5.91 Å². The molecular weight excluding hydrogens is 436 g/mol. The second-order valence-electron chi connectivity index (χ2n) is 8.49. The van der Waals surface area contributed by atoms with E-state index in [1.807, 2.05) is 6.92 Å². The number of hydrogen-bond donors (Lipinski definition) is 1. The van der Waals surface area contributed by atoms with Gasteiger partial charge in [0.15, 0.2) is 0 Å². The zero-order valence-corrected chi connectivity index (χ0v) is 19.2. The number of methoxy groups -OCH3 is 1. The lowest BCUT2D eigenvalue weighted by Crippen LogP contribution is -2.46. The molecule has 0 radical (unpaired) electrons. The van der Waals surface area contributed by atoms with Gasteiger partial charge in [-0.1, -0.05) is 35.7 Å². The molecule has 1 N–H and O–H groups in total. The maximum Gasteiger partial charge on any atom is 0.264 e. The first-order valence-electron chi connectivity index (χ1n) is 10.5. The average molecular weight is 463 g/mol. The third-order valence-electron chi connectivity index (χ3n) is 6.39. The first-order chi connectivity index (χ1) is 14.8. The van der Waals surface area contributed by atoms with Gasteiger partial charge in [-0.25, -0.2) is 8.42 Å². The fraction of sp³-hybridized carbons (Fsp3) is 0.435. The molecule has 166 valence electrons. The van der Waals surface area contributed by atoms with E-state index in [4.69, 9.17) is 16.3 Å². The highest BCUT2D eigenvalue weighted by atomic mass is 35.5. The van der Waals surface area contributed by atoms with Crippen LogP contribution >= 0.6 is 11.6 Å². The number of halogens is 1. The van der Waals surface area contributed by atoms with Crippen molar-refractivity contribution in [1.82, 2.24) is 5.32 Å². The Morgan fingerprint density at radius 1 is 1.16 bits per heavy atom. The fourth-order valence-corrected chi connectivity index (χ4v) is 6.39. The Balaban J connectivity index is 1.66. The van der Waals surface area contributed by atoms with Gasteiger partial charge in [-0.15, -0.1) is 0 Å². The van der Waals surface area contributed by atoms with Crippen LogP contribution in [0.3, 0.4) is 0 Å². The van der Waals surface area contributed by atoms with E-state index in [2.05, 4.69) is 5.32 Å². The van der Waals surface area contributed by atoms with Gasteiger partial charge in [-0.3, -0.25) is 9.10 Å². The lowest BCUT2D eigenvalue weighted by Gasteiger charge is -2.28. The molecule has 0 aromatic heterocycles. The Labute approximate surface area is 188 Å². The van der Waals surface area contributed by atoms with E-state index in [0.717, 1.165) is 29.1 Å². The Hall–Kier alpha value is -2.25. The van der Waals surface area contributed by atoms with E-state index in [1.165, 1.54) is 19.6 Å². The number of nitrogens with zero attached hydrogens (tertiary/aromatic N) is 1. The minimum atomic E-state index is -4.03. The van der Waals surface area contributed by atoms with E-state index in [0.29, 0.717) is 22.6 Å². The summed E-state index contributed by atoms with van der Waals surface area (Å²) in [6.45, 7) is 1.54. The highest BCUT2D eigenvalue weighted by molar-refractivity contribution is 7.92. The highest BCUT2D eigenvalue weighted by Gasteiger charge is 2.40. The maximum absolute atomic E-state index is 13.6. The van der Waals surface area contributed by atoms with Crippen molar-refractivity contribution >= 4 is 33.2 Å². The summed E-state index contributed by atoms with van der Waals surface area (Å²) in [7, 11) is -2.57. The molecule has 8 heteroatoms. The molecule has 31 heavy (non-hydrogen) atoms. The Morgan fingerprint density at radius 2 is 1.90 bits per heavy atom. The predicted octanol–water partition coefficient (Wildman–Crippen LogP) is 4.16. The second-order valence-corrected chi connectivity index (χ2v) is 10.8. The molecule has 0 heterocycles. The number of carbonyl (C=O) groups excluding carboxylic acids is 1. The van der Waals surface area contributed by atoms with Gasteiger partial charge in [0.1, 0.15) is 12.3 Å². The van der Waals surface area contributed by atoms with Crippen molar-refractivity contribution in [3.05, 3.63) is 53.1 Å². The molecule has 0 spiro atoms. The Kier molecular flexibility index (Phi) is 6.17. The van der Waals surface area contributed by atoms with Crippen LogP contribution in [0.15, 0.2) is 47.4 Å². The summed E-state index contributed by atoms with van der Waals surface area (Å²) in [5, 5.41) is 3.43. The van der Waals surface area contributed by atoms with Crippen molar-refractivity contribution in [1.29, 1.82) is 0 Å². The van der Waals surface area contributed by atoms with Gasteiger partial charge in [-0.05, 0) is 68.4 Å². The standard InChI is InChI=1S/C23H27ClN2O4S/c1-15-3-8-19(9-4-15)31(28,29)26(21-13-18(24)7-10-22(21)30-2)14-23(27)25-20-12-16-5-6-17(20)11-16/h3-4,7-10,13,16-17,20H,5-6,11-12,14H2,1-2H3,(H,25,27). The summed E-state index contributed by atoms with van der Waals surface area (Å²) < 4.78 is 33.6. The zero-order valence-electron chi connectivity index (χ0n) is 17.7. The number of rotatable bonds is 7. The quantitative estimate of drug-likeness (QED) is 0.670. The molecule has 6 nitrogen and oxygen atoms in total. The number of amides is 1. The van der Waals surface area contributed by atoms with Gasteiger partial charge < -0.3 is 10.1 Å². The van der Waals surface area contributed by atoms with Crippen molar-refractivity contribution in [2.75, 3.05) is 18.0 Å². The predicted molar refractivity (Wildman–Crippen MR) is 121 cm³/mol. The Bertz CT molecular complexity index is 1070. The molecule has 2 aliphatic carbocycles. The summed E-state index contributed by atoms with van der Waals surface area (Å²) in [5.74, 6) is 1.18. The van der Waals surface area contributed by atoms with Crippen LogP contribution in [0.4, 0.5) is 5.69 Å². The molecule has 2 fully saturated rings. The third-order valence-corrected chi connectivity index (χ3v) is 8.40. The zero-order chi connectivity index (χ0) is 22.2. The van der Waals surface area contributed by atoms with Crippen LogP contribution in [0.2, 0.25) is 5.02 Å². The summed E-state index contributed by atoms with van der Waals surface area (Å²) in [5.41, 5.74) is 1.18. The van der Waals surface area contributed by atoms with Crippen LogP contribution in [0.1, 0.15) is 31.2 Å². The van der Waals surface area contributed by atoms with Crippen molar-refractivity contribution in [3.63, 3.8) is 0 Å². The number of sulfonamides is 1. The van der Waals surface area contributed by atoms with E-state index in [9.17, 15) is 13.2 Å². The smallest absolute Gasteiger partial charge is 0.264 e. The summed E-state index contributed by atoms with van der Waals surface area (Å²) in [4.78, 5) is 13.1. The molecule has 3 unspecified atom stereocenters. The number of nitrogens with one attached hydrogen (secondary N) is 1. The molecule has 1 amide bonds. The Morgan fingerprint density at radius 3 is 2.52 bits per heavy atom. The van der Waals surface area contributed by atoms with Crippen LogP contribution in [-0.2, 0) is 14.8 Å². The number of hydrogen-bond acceptors (Lipinski definition) is 4.